The van der Waals surface area contributed by atoms with E-state index < -0.39 is 11.2 Å². The third kappa shape index (κ3) is 5.15. The predicted octanol–water partition coefficient (Wildman–Crippen LogP) is 2.17. The van der Waals surface area contributed by atoms with Crippen LogP contribution in [-0.4, -0.2) is 22.5 Å². The molecule has 122 valence electrons. The van der Waals surface area contributed by atoms with Gasteiger partial charge in [0, 0.05) is 17.6 Å². The van der Waals surface area contributed by atoms with Crippen molar-refractivity contribution in [3.63, 3.8) is 0 Å². The molecule has 0 bridgehead atoms. The van der Waals surface area contributed by atoms with Crippen LogP contribution >= 0.6 is 23.2 Å². The van der Waals surface area contributed by atoms with Gasteiger partial charge >= 0.3 is 5.69 Å². The number of rotatable bonds is 6. The van der Waals surface area contributed by atoms with E-state index in [2.05, 4.69) is 10.3 Å². The lowest BCUT2D eigenvalue weighted by atomic mass is 10.3. The van der Waals surface area contributed by atoms with Crippen LogP contribution in [0.15, 0.2) is 34.0 Å². The van der Waals surface area contributed by atoms with E-state index in [4.69, 9.17) is 27.9 Å². The summed E-state index contributed by atoms with van der Waals surface area (Å²) < 4.78 is 5.45. The normalized spacial score (nSPS) is 10.3. The Balaban J connectivity index is 1.78. The second kappa shape index (κ2) is 7.85. The molecule has 2 aromatic rings. The molecule has 1 aromatic carbocycles. The molecule has 3 N–H and O–H groups in total. The average Bonchev–Trinajstić information content (AvgIpc) is 2.48. The molecule has 0 aliphatic carbocycles. The highest BCUT2D eigenvalue weighted by Crippen LogP contribution is 2.27. The Morgan fingerprint density at radius 1 is 1.26 bits per heavy atom. The highest BCUT2D eigenvalue weighted by atomic mass is 35.5. The summed E-state index contributed by atoms with van der Waals surface area (Å²) in [5.74, 6) is 0.113. The molecule has 1 aromatic heterocycles. The van der Waals surface area contributed by atoms with Crippen molar-refractivity contribution in [1.29, 1.82) is 0 Å². The van der Waals surface area contributed by atoms with Gasteiger partial charge in [-0.05, 0) is 24.6 Å². The van der Waals surface area contributed by atoms with Gasteiger partial charge in [0.15, 0.2) is 0 Å². The number of aromatic amines is 2. The summed E-state index contributed by atoms with van der Waals surface area (Å²) in [5, 5.41) is 3.30. The van der Waals surface area contributed by atoms with Crippen LogP contribution in [0, 0.1) is 0 Å². The third-order valence-corrected chi connectivity index (χ3v) is 3.32. The quantitative estimate of drug-likeness (QED) is 0.689. The average molecular weight is 358 g/mol. The molecule has 1 heterocycles. The molecule has 0 atom stereocenters. The van der Waals surface area contributed by atoms with Crippen molar-refractivity contribution in [2.24, 2.45) is 0 Å². The number of anilines is 1. The molecule has 0 aliphatic heterocycles. The van der Waals surface area contributed by atoms with Gasteiger partial charge in [0.25, 0.3) is 5.56 Å². The van der Waals surface area contributed by atoms with Crippen LogP contribution in [0.25, 0.3) is 0 Å². The van der Waals surface area contributed by atoms with Crippen LogP contribution in [-0.2, 0) is 4.79 Å². The molecule has 1 amide bonds. The third-order valence-electron chi connectivity index (χ3n) is 2.79. The number of amides is 1. The van der Waals surface area contributed by atoms with Crippen molar-refractivity contribution in [2.75, 3.05) is 11.9 Å². The molecular weight excluding hydrogens is 345 g/mol. The van der Waals surface area contributed by atoms with Crippen LogP contribution < -0.4 is 21.3 Å². The molecule has 9 heteroatoms. The van der Waals surface area contributed by atoms with E-state index >= 15 is 0 Å². The zero-order valence-electron chi connectivity index (χ0n) is 11.8. The first-order valence-corrected chi connectivity index (χ1v) is 7.41. The van der Waals surface area contributed by atoms with Gasteiger partial charge < -0.3 is 15.0 Å². The molecule has 0 saturated heterocycles. The number of aromatic nitrogens is 2. The smallest absolute Gasteiger partial charge is 0.325 e. The van der Waals surface area contributed by atoms with Crippen molar-refractivity contribution in [1.82, 2.24) is 9.97 Å². The fraction of sp³-hybridized carbons (Fsp3) is 0.214. The summed E-state index contributed by atoms with van der Waals surface area (Å²) in [5.41, 5.74) is -1.32. The van der Waals surface area contributed by atoms with Gasteiger partial charge in [-0.1, -0.05) is 23.2 Å². The van der Waals surface area contributed by atoms with Crippen LogP contribution in [0.4, 0.5) is 5.69 Å². The van der Waals surface area contributed by atoms with Gasteiger partial charge in [0.05, 0.1) is 11.6 Å². The number of hydrogen-bond acceptors (Lipinski definition) is 4. The number of nitrogens with one attached hydrogen (secondary N) is 3. The lowest BCUT2D eigenvalue weighted by Crippen LogP contribution is -2.26. The summed E-state index contributed by atoms with van der Waals surface area (Å²) in [4.78, 5) is 38.3. The van der Waals surface area contributed by atoms with Crippen LogP contribution in [0.2, 0.25) is 10.0 Å². The van der Waals surface area contributed by atoms with Gasteiger partial charge in [-0.15, -0.1) is 0 Å². The summed E-state index contributed by atoms with van der Waals surface area (Å²) in [6.07, 6.45) is 1.71. The van der Waals surface area contributed by atoms with E-state index in [1.54, 1.807) is 18.2 Å². The predicted molar refractivity (Wildman–Crippen MR) is 87.5 cm³/mol. The van der Waals surface area contributed by atoms with E-state index in [0.29, 0.717) is 22.2 Å². The number of H-pyrrole nitrogens is 2. The van der Waals surface area contributed by atoms with Crippen LogP contribution in [0.3, 0.4) is 0 Å². The van der Waals surface area contributed by atoms with Gasteiger partial charge in [0.2, 0.25) is 5.91 Å². The minimum atomic E-state index is -0.661. The first kappa shape index (κ1) is 17.1. The lowest BCUT2D eigenvalue weighted by Gasteiger charge is -2.08. The standard InChI is InChI=1S/C14H13Cl2N3O4/c15-8-3-4-11(9(16)6-8)23-5-1-2-12(20)18-10-7-17-14(22)19-13(10)21/h3-4,6-7H,1-2,5H2,(H,18,20)(H2,17,19,21,22). The van der Waals surface area contributed by atoms with Crippen molar-refractivity contribution in [3.05, 3.63) is 55.3 Å². The second-order valence-electron chi connectivity index (χ2n) is 4.56. The van der Waals surface area contributed by atoms with Gasteiger partial charge in [-0.25, -0.2) is 4.79 Å². The van der Waals surface area contributed by atoms with Gasteiger partial charge in [-0.3, -0.25) is 14.6 Å². The van der Waals surface area contributed by atoms with E-state index in [1.165, 1.54) is 0 Å². The molecule has 0 saturated carbocycles. The van der Waals surface area contributed by atoms with E-state index in [1.807, 2.05) is 4.98 Å². The Morgan fingerprint density at radius 3 is 2.74 bits per heavy atom. The zero-order valence-corrected chi connectivity index (χ0v) is 13.3. The number of carbonyl (C=O) groups is 1. The maximum atomic E-state index is 11.7. The second-order valence-corrected chi connectivity index (χ2v) is 5.40. The van der Waals surface area contributed by atoms with E-state index in [-0.39, 0.29) is 24.6 Å². The molecule has 2 rings (SSSR count). The fourth-order valence-electron chi connectivity index (χ4n) is 1.72. The Kier molecular flexibility index (Phi) is 5.84. The fourth-order valence-corrected chi connectivity index (χ4v) is 2.19. The lowest BCUT2D eigenvalue weighted by molar-refractivity contribution is -0.116. The highest BCUT2D eigenvalue weighted by Gasteiger charge is 2.07. The largest absolute Gasteiger partial charge is 0.492 e. The van der Waals surface area contributed by atoms with Gasteiger partial charge in [0.1, 0.15) is 11.4 Å². The van der Waals surface area contributed by atoms with Crippen molar-refractivity contribution < 1.29 is 9.53 Å². The first-order valence-electron chi connectivity index (χ1n) is 6.65. The number of ether oxygens (including phenoxy) is 1. The zero-order chi connectivity index (χ0) is 16.8. The summed E-state index contributed by atoms with van der Waals surface area (Å²) in [6.45, 7) is 0.275. The van der Waals surface area contributed by atoms with Crippen molar-refractivity contribution >= 4 is 34.8 Å². The summed E-state index contributed by atoms with van der Waals surface area (Å²) >= 11 is 11.7. The first-order chi connectivity index (χ1) is 11.0. The number of halogens is 2. The monoisotopic (exact) mass is 357 g/mol. The van der Waals surface area contributed by atoms with E-state index in [9.17, 15) is 14.4 Å². The molecule has 0 aliphatic rings. The minimum Gasteiger partial charge on any atom is -0.492 e. The topological polar surface area (TPSA) is 104 Å². The Bertz CT molecular complexity index is 816. The maximum absolute atomic E-state index is 11.7. The number of hydrogen-bond donors (Lipinski definition) is 3. The van der Waals surface area contributed by atoms with E-state index in [0.717, 1.165) is 6.20 Å². The molecule has 23 heavy (non-hydrogen) atoms. The Labute approximate surface area is 140 Å². The highest BCUT2D eigenvalue weighted by molar-refractivity contribution is 6.35. The molecule has 0 spiro atoms. The van der Waals surface area contributed by atoms with Gasteiger partial charge in [-0.2, -0.15) is 0 Å². The SMILES string of the molecule is O=C(CCCOc1ccc(Cl)cc1Cl)Nc1c[nH]c(=O)[nH]c1=O. The molecule has 0 radical (unpaired) electrons. The minimum absolute atomic E-state index is 0.0173. The Morgan fingerprint density at radius 2 is 2.04 bits per heavy atom. The van der Waals surface area contributed by atoms with Crippen LogP contribution in [0.5, 0.6) is 5.75 Å². The Hall–Kier alpha value is -2.25. The van der Waals surface area contributed by atoms with Crippen LogP contribution in [0.1, 0.15) is 12.8 Å². The molecular formula is C14H13Cl2N3O4. The van der Waals surface area contributed by atoms with Crippen molar-refractivity contribution in [2.45, 2.75) is 12.8 Å². The molecule has 7 nitrogen and oxygen atoms in total. The number of carbonyl (C=O) groups excluding carboxylic acids is 1. The summed E-state index contributed by atoms with van der Waals surface area (Å²) in [7, 11) is 0. The summed E-state index contributed by atoms with van der Waals surface area (Å²) in [6, 6.07) is 4.86. The molecule has 0 fully saturated rings. The molecule has 0 unspecified atom stereocenters. The maximum Gasteiger partial charge on any atom is 0.325 e. The number of benzene rings is 1. The van der Waals surface area contributed by atoms with Crippen molar-refractivity contribution in [3.8, 4) is 5.75 Å².